The molecule has 1 unspecified atom stereocenters. The summed E-state index contributed by atoms with van der Waals surface area (Å²) in [5.74, 6) is 0.386. The van der Waals surface area contributed by atoms with Crippen LogP contribution in [0.1, 0.15) is 0 Å². The van der Waals surface area contributed by atoms with E-state index in [2.05, 4.69) is 0 Å². The van der Waals surface area contributed by atoms with Gasteiger partial charge in [0.15, 0.2) is 19.7 Å². The van der Waals surface area contributed by atoms with Gasteiger partial charge in [-0.3, -0.25) is 4.57 Å². The van der Waals surface area contributed by atoms with Crippen LogP contribution in [0.3, 0.4) is 0 Å². The van der Waals surface area contributed by atoms with Gasteiger partial charge in [0.1, 0.15) is 0 Å². The molecule has 0 bridgehead atoms. The van der Waals surface area contributed by atoms with E-state index in [1.54, 1.807) is 0 Å². The number of aliphatic hydroxyl groups is 1. The largest absolute Gasteiger partial charge is 0.502 e. The molecule has 0 saturated carbocycles. The lowest BCUT2D eigenvalue weighted by Crippen LogP contribution is -1.83. The topological polar surface area (TPSA) is 74.6 Å². The van der Waals surface area contributed by atoms with Crippen LogP contribution in [0.25, 0.3) is 0 Å². The standard InChI is InChI=1S/C3H5O4P/c4-1-3(5)2-8(6)7/h5,8H,2H2,(H,6,7). The first-order chi connectivity index (χ1) is 3.66. The monoisotopic (exact) mass is 136 g/mol. The molecule has 46 valence electrons. The molecule has 1 atom stereocenters. The average Bonchev–Trinajstić information content (AvgIpc) is 1.65. The minimum atomic E-state index is -2.75. The Kier molecular flexibility index (Phi) is 3.20. The van der Waals surface area contributed by atoms with Crippen LogP contribution in [0.15, 0.2) is 5.76 Å². The number of allylic oxidation sites excluding steroid dienone is 1. The van der Waals surface area contributed by atoms with Crippen molar-refractivity contribution in [1.82, 2.24) is 0 Å². The first-order valence-corrected chi connectivity index (χ1v) is 3.38. The lowest BCUT2D eigenvalue weighted by molar-refractivity contribution is 0.408. The van der Waals surface area contributed by atoms with Crippen LogP contribution in [0.4, 0.5) is 0 Å². The zero-order valence-electron chi connectivity index (χ0n) is 3.92. The molecular formula is C3H5O4P. The molecule has 0 aliphatic carbocycles. The second-order valence-electron chi connectivity index (χ2n) is 1.12. The highest BCUT2D eigenvalue weighted by Gasteiger charge is 1.96. The molecule has 0 aromatic heterocycles. The second-order valence-corrected chi connectivity index (χ2v) is 2.26. The molecule has 0 spiro atoms. The summed E-state index contributed by atoms with van der Waals surface area (Å²) in [5.41, 5.74) is 0. The molecule has 0 amide bonds. The number of rotatable bonds is 2. The zero-order valence-corrected chi connectivity index (χ0v) is 4.92. The molecule has 0 fully saturated rings. The Hall–Kier alpha value is -0.560. The maximum atomic E-state index is 9.79. The van der Waals surface area contributed by atoms with Crippen LogP contribution in [0.5, 0.6) is 0 Å². The predicted molar refractivity (Wildman–Crippen MR) is 27.9 cm³/mol. The summed E-state index contributed by atoms with van der Waals surface area (Å²) < 4.78 is 9.79. The van der Waals surface area contributed by atoms with Crippen molar-refractivity contribution < 1.29 is 19.4 Å². The van der Waals surface area contributed by atoms with Crippen molar-refractivity contribution in [2.24, 2.45) is 0 Å². The van der Waals surface area contributed by atoms with Gasteiger partial charge < -0.3 is 10.00 Å². The van der Waals surface area contributed by atoms with Gasteiger partial charge >= 0.3 is 0 Å². The molecule has 0 aromatic rings. The summed E-state index contributed by atoms with van der Waals surface area (Å²) >= 11 is 0. The Morgan fingerprint density at radius 3 is 2.38 bits per heavy atom. The van der Waals surface area contributed by atoms with Gasteiger partial charge in [0.2, 0.25) is 0 Å². The lowest BCUT2D eigenvalue weighted by atomic mass is 10.7. The highest BCUT2D eigenvalue weighted by atomic mass is 31.1. The maximum absolute atomic E-state index is 9.79. The van der Waals surface area contributed by atoms with Gasteiger partial charge in [-0.25, -0.2) is 4.79 Å². The summed E-state index contributed by atoms with van der Waals surface area (Å²) in [6, 6.07) is 0. The third kappa shape index (κ3) is 3.62. The van der Waals surface area contributed by atoms with Crippen LogP contribution in [-0.2, 0) is 9.36 Å². The van der Waals surface area contributed by atoms with Crippen molar-refractivity contribution >= 4 is 14.0 Å². The second kappa shape index (κ2) is 3.44. The highest BCUT2D eigenvalue weighted by Crippen LogP contribution is 2.13. The lowest BCUT2D eigenvalue weighted by Gasteiger charge is -1.85. The van der Waals surface area contributed by atoms with Gasteiger partial charge in [0.25, 0.3) is 0 Å². The van der Waals surface area contributed by atoms with Crippen LogP contribution < -0.4 is 0 Å². The number of carbonyl (C=O) groups excluding carboxylic acids is 1. The Morgan fingerprint density at radius 2 is 2.25 bits per heavy atom. The Labute approximate surface area is 46.3 Å². The van der Waals surface area contributed by atoms with Crippen molar-refractivity contribution in [3.63, 3.8) is 0 Å². The molecule has 0 aromatic carbocycles. The molecule has 0 saturated heterocycles. The molecule has 0 aliphatic rings. The predicted octanol–water partition coefficient (Wildman–Crippen LogP) is -0.273. The van der Waals surface area contributed by atoms with E-state index in [0.717, 1.165) is 5.94 Å². The van der Waals surface area contributed by atoms with E-state index >= 15 is 0 Å². The zero-order chi connectivity index (χ0) is 6.57. The normalized spacial score (nSPS) is 12.1. The van der Waals surface area contributed by atoms with Crippen molar-refractivity contribution in [3.8, 4) is 0 Å². The maximum Gasteiger partial charge on any atom is 0.197 e. The fraction of sp³-hybridized carbons (Fsp3) is 0.333. The number of aliphatic hydroxyl groups excluding tert-OH is 1. The van der Waals surface area contributed by atoms with Crippen molar-refractivity contribution in [2.75, 3.05) is 6.16 Å². The third-order valence-electron chi connectivity index (χ3n) is 0.436. The SMILES string of the molecule is O=C=C(O)C[PH](=O)O. The first kappa shape index (κ1) is 7.44. The van der Waals surface area contributed by atoms with E-state index in [0.29, 0.717) is 0 Å². The van der Waals surface area contributed by atoms with Crippen molar-refractivity contribution in [1.29, 1.82) is 0 Å². The minimum Gasteiger partial charge on any atom is -0.502 e. The highest BCUT2D eigenvalue weighted by molar-refractivity contribution is 7.38. The summed E-state index contributed by atoms with van der Waals surface area (Å²) in [4.78, 5) is 17.4. The average molecular weight is 136 g/mol. The van der Waals surface area contributed by atoms with E-state index in [1.807, 2.05) is 0 Å². The molecule has 0 radical (unpaired) electrons. The molecule has 8 heavy (non-hydrogen) atoms. The summed E-state index contributed by atoms with van der Waals surface area (Å²) in [6.07, 6.45) is -0.464. The fourth-order valence-electron chi connectivity index (χ4n) is 0.179. The van der Waals surface area contributed by atoms with Crippen LogP contribution in [0, 0.1) is 0 Å². The molecule has 0 aliphatic heterocycles. The van der Waals surface area contributed by atoms with E-state index in [9.17, 15) is 9.36 Å². The van der Waals surface area contributed by atoms with Crippen LogP contribution in [0.2, 0.25) is 0 Å². The summed E-state index contributed by atoms with van der Waals surface area (Å²) in [7, 11) is -2.75. The van der Waals surface area contributed by atoms with Crippen molar-refractivity contribution in [2.45, 2.75) is 0 Å². The number of hydrogen-bond donors (Lipinski definition) is 2. The van der Waals surface area contributed by atoms with Crippen LogP contribution >= 0.6 is 8.03 Å². The number of hydrogen-bond acceptors (Lipinski definition) is 3. The Bertz CT molecular complexity index is 145. The van der Waals surface area contributed by atoms with Gasteiger partial charge in [-0.15, -0.1) is 0 Å². The summed E-state index contributed by atoms with van der Waals surface area (Å²) in [5, 5.41) is 8.19. The fourth-order valence-corrected chi connectivity index (χ4v) is 0.538. The quantitative estimate of drug-likeness (QED) is 0.311. The van der Waals surface area contributed by atoms with E-state index in [4.69, 9.17) is 10.00 Å². The molecule has 0 heterocycles. The van der Waals surface area contributed by atoms with Crippen molar-refractivity contribution in [3.05, 3.63) is 5.76 Å². The van der Waals surface area contributed by atoms with Gasteiger partial charge in [-0.05, 0) is 0 Å². The smallest absolute Gasteiger partial charge is 0.197 e. The molecule has 5 heteroatoms. The summed E-state index contributed by atoms with van der Waals surface area (Å²) in [6.45, 7) is 0. The van der Waals surface area contributed by atoms with E-state index < -0.39 is 19.9 Å². The van der Waals surface area contributed by atoms with Gasteiger partial charge in [0, 0.05) is 0 Å². The van der Waals surface area contributed by atoms with E-state index in [-0.39, 0.29) is 0 Å². The molecule has 0 rings (SSSR count). The molecule has 2 N–H and O–H groups in total. The first-order valence-electron chi connectivity index (χ1n) is 1.81. The van der Waals surface area contributed by atoms with Gasteiger partial charge in [0.05, 0.1) is 6.16 Å². The Morgan fingerprint density at radius 1 is 1.75 bits per heavy atom. The third-order valence-corrected chi connectivity index (χ3v) is 1.07. The molecule has 4 nitrogen and oxygen atoms in total. The van der Waals surface area contributed by atoms with Crippen LogP contribution in [-0.4, -0.2) is 22.1 Å². The van der Waals surface area contributed by atoms with Gasteiger partial charge in [-0.2, -0.15) is 0 Å². The Balaban J connectivity index is 3.74. The minimum absolute atomic E-state index is 0.464. The molecular weight excluding hydrogens is 131 g/mol. The van der Waals surface area contributed by atoms with E-state index in [1.165, 1.54) is 0 Å². The van der Waals surface area contributed by atoms with Gasteiger partial charge in [-0.1, -0.05) is 0 Å².